The standard InChI is InChI=1S/C23H20FNO5S/c1-3-28-23(27)20-17(10-14-4-9-18-19(11-14)30-12-29-18)13(2)31-22(20)25-21(26)15-5-7-16(24)8-6-15/h4-9,11H,3,10,12H2,1-2H3,(H,25,26). The molecule has 0 radical (unpaired) electrons. The topological polar surface area (TPSA) is 73.9 Å². The van der Waals surface area contributed by atoms with Crippen LogP contribution in [0.5, 0.6) is 11.5 Å². The quantitative estimate of drug-likeness (QED) is 0.548. The molecular formula is C23H20FNO5S. The lowest BCUT2D eigenvalue weighted by Gasteiger charge is -2.10. The van der Waals surface area contributed by atoms with Gasteiger partial charge in [-0.15, -0.1) is 11.3 Å². The SMILES string of the molecule is CCOC(=O)c1c(NC(=O)c2ccc(F)cc2)sc(C)c1Cc1ccc2c(c1)OCO2. The molecule has 2 heterocycles. The number of benzene rings is 2. The summed E-state index contributed by atoms with van der Waals surface area (Å²) in [7, 11) is 0. The first-order valence-corrected chi connectivity index (χ1v) is 10.5. The van der Waals surface area contributed by atoms with Crippen molar-refractivity contribution in [3.05, 3.63) is 75.4 Å². The predicted octanol–water partition coefficient (Wildman–Crippen LogP) is 4.94. The number of fused-ring (bicyclic) bond motifs is 1. The number of nitrogens with one attached hydrogen (secondary N) is 1. The molecule has 6 nitrogen and oxygen atoms in total. The molecule has 0 fully saturated rings. The van der Waals surface area contributed by atoms with Crippen LogP contribution >= 0.6 is 11.3 Å². The third-order valence-electron chi connectivity index (χ3n) is 4.84. The van der Waals surface area contributed by atoms with Crippen LogP contribution in [0.15, 0.2) is 42.5 Å². The van der Waals surface area contributed by atoms with E-state index in [0.29, 0.717) is 34.0 Å². The Labute approximate surface area is 182 Å². The van der Waals surface area contributed by atoms with E-state index >= 15 is 0 Å². The van der Waals surface area contributed by atoms with Crippen LogP contribution in [0.1, 0.15) is 43.6 Å². The summed E-state index contributed by atoms with van der Waals surface area (Å²) >= 11 is 1.30. The van der Waals surface area contributed by atoms with Gasteiger partial charge >= 0.3 is 5.97 Å². The fourth-order valence-corrected chi connectivity index (χ4v) is 4.39. The molecule has 1 aliphatic rings. The fourth-order valence-electron chi connectivity index (χ4n) is 3.33. The highest BCUT2D eigenvalue weighted by molar-refractivity contribution is 7.16. The van der Waals surface area contributed by atoms with Gasteiger partial charge in [-0.05, 0) is 67.8 Å². The van der Waals surface area contributed by atoms with Crippen molar-refractivity contribution < 1.29 is 28.2 Å². The normalized spacial score (nSPS) is 12.0. The van der Waals surface area contributed by atoms with Crippen LogP contribution in [0.2, 0.25) is 0 Å². The lowest BCUT2D eigenvalue weighted by atomic mass is 10.0. The number of carbonyl (C=O) groups excluding carboxylic acids is 2. The number of carbonyl (C=O) groups is 2. The third-order valence-corrected chi connectivity index (χ3v) is 5.90. The Morgan fingerprint density at radius 1 is 1.13 bits per heavy atom. The number of hydrogen-bond donors (Lipinski definition) is 1. The van der Waals surface area contributed by atoms with Gasteiger partial charge in [0.15, 0.2) is 11.5 Å². The Kier molecular flexibility index (Phi) is 5.90. The Morgan fingerprint density at radius 3 is 2.61 bits per heavy atom. The van der Waals surface area contributed by atoms with Crippen molar-refractivity contribution in [2.45, 2.75) is 20.3 Å². The first-order chi connectivity index (χ1) is 15.0. The van der Waals surface area contributed by atoms with Gasteiger partial charge < -0.3 is 19.5 Å². The van der Waals surface area contributed by atoms with Crippen molar-refractivity contribution in [1.29, 1.82) is 0 Å². The van der Waals surface area contributed by atoms with Crippen molar-refractivity contribution in [3.63, 3.8) is 0 Å². The Bertz CT molecular complexity index is 1140. The molecule has 3 aromatic rings. The molecule has 31 heavy (non-hydrogen) atoms. The van der Waals surface area contributed by atoms with Gasteiger partial charge in [0.05, 0.1) is 12.2 Å². The molecule has 0 unspecified atom stereocenters. The minimum atomic E-state index is -0.503. The molecule has 8 heteroatoms. The molecule has 1 aromatic heterocycles. The van der Waals surface area contributed by atoms with Crippen LogP contribution in [-0.4, -0.2) is 25.3 Å². The summed E-state index contributed by atoms with van der Waals surface area (Å²) in [6, 6.07) is 10.8. The summed E-state index contributed by atoms with van der Waals surface area (Å²) in [6.07, 6.45) is 0.458. The van der Waals surface area contributed by atoms with Crippen LogP contribution in [0, 0.1) is 12.7 Å². The molecule has 1 aliphatic heterocycles. The Hall–Kier alpha value is -3.39. The van der Waals surface area contributed by atoms with Gasteiger partial charge in [-0.3, -0.25) is 4.79 Å². The van der Waals surface area contributed by atoms with E-state index in [1.807, 2.05) is 25.1 Å². The number of aryl methyl sites for hydroxylation is 1. The van der Waals surface area contributed by atoms with Gasteiger partial charge in [0.1, 0.15) is 10.8 Å². The summed E-state index contributed by atoms with van der Waals surface area (Å²) < 4.78 is 29.2. The van der Waals surface area contributed by atoms with Gasteiger partial charge in [-0.2, -0.15) is 0 Å². The first kappa shape index (κ1) is 20.9. The second-order valence-corrected chi connectivity index (χ2v) is 8.11. The largest absolute Gasteiger partial charge is 0.462 e. The van der Waals surface area contributed by atoms with Crippen molar-refractivity contribution in [3.8, 4) is 11.5 Å². The van der Waals surface area contributed by atoms with Crippen molar-refractivity contribution in [1.82, 2.24) is 0 Å². The predicted molar refractivity (Wildman–Crippen MR) is 115 cm³/mol. The lowest BCUT2D eigenvalue weighted by molar-refractivity contribution is 0.0527. The number of amides is 1. The number of hydrogen-bond acceptors (Lipinski definition) is 6. The van der Waals surface area contributed by atoms with Crippen LogP contribution < -0.4 is 14.8 Å². The summed E-state index contributed by atoms with van der Waals surface area (Å²) in [5, 5.41) is 3.19. The van der Waals surface area contributed by atoms with Gasteiger partial charge in [0.2, 0.25) is 6.79 Å². The van der Waals surface area contributed by atoms with Crippen LogP contribution in [0.25, 0.3) is 0 Å². The monoisotopic (exact) mass is 441 g/mol. The molecule has 0 bridgehead atoms. The Balaban J connectivity index is 1.66. The number of ether oxygens (including phenoxy) is 3. The molecule has 160 valence electrons. The summed E-state index contributed by atoms with van der Waals surface area (Å²) in [5.41, 5.74) is 2.33. The number of halogens is 1. The maximum absolute atomic E-state index is 13.2. The average Bonchev–Trinajstić information content (AvgIpc) is 3.32. The maximum atomic E-state index is 13.2. The molecule has 0 aliphatic carbocycles. The molecule has 0 saturated heterocycles. The zero-order valence-electron chi connectivity index (χ0n) is 17.0. The summed E-state index contributed by atoms with van der Waals surface area (Å²) in [5.74, 6) is -0.0169. The molecule has 4 rings (SSSR count). The second kappa shape index (κ2) is 8.77. The van der Waals surface area contributed by atoms with Crippen LogP contribution in [0.3, 0.4) is 0 Å². The molecule has 2 aromatic carbocycles. The van der Waals surface area contributed by atoms with E-state index in [-0.39, 0.29) is 13.4 Å². The van der Waals surface area contributed by atoms with Crippen LogP contribution in [0.4, 0.5) is 9.39 Å². The maximum Gasteiger partial charge on any atom is 0.341 e. The van der Waals surface area contributed by atoms with Gasteiger partial charge in [-0.25, -0.2) is 9.18 Å². The molecule has 1 N–H and O–H groups in total. The number of thiophene rings is 1. The molecule has 1 amide bonds. The number of rotatable bonds is 6. The van der Waals surface area contributed by atoms with E-state index < -0.39 is 17.7 Å². The minimum Gasteiger partial charge on any atom is -0.462 e. The van der Waals surface area contributed by atoms with Crippen LogP contribution in [-0.2, 0) is 11.2 Å². The summed E-state index contributed by atoms with van der Waals surface area (Å²) in [4.78, 5) is 26.3. The van der Waals surface area contributed by atoms with Gasteiger partial charge in [-0.1, -0.05) is 6.07 Å². The van der Waals surface area contributed by atoms with Gasteiger partial charge in [0, 0.05) is 10.4 Å². The van der Waals surface area contributed by atoms with Gasteiger partial charge in [0.25, 0.3) is 5.91 Å². The van der Waals surface area contributed by atoms with E-state index in [1.165, 1.54) is 35.6 Å². The third kappa shape index (κ3) is 4.39. The van der Waals surface area contributed by atoms with Crippen molar-refractivity contribution in [2.75, 3.05) is 18.7 Å². The second-order valence-electron chi connectivity index (χ2n) is 6.89. The van der Waals surface area contributed by atoms with E-state index in [0.717, 1.165) is 16.0 Å². The highest BCUT2D eigenvalue weighted by atomic mass is 32.1. The lowest BCUT2D eigenvalue weighted by Crippen LogP contribution is -2.15. The molecular weight excluding hydrogens is 421 g/mol. The molecule has 0 saturated carbocycles. The zero-order valence-corrected chi connectivity index (χ0v) is 17.8. The minimum absolute atomic E-state index is 0.184. The number of anilines is 1. The highest BCUT2D eigenvalue weighted by Crippen LogP contribution is 2.38. The van der Waals surface area contributed by atoms with E-state index in [2.05, 4.69) is 5.32 Å². The van der Waals surface area contributed by atoms with Crippen molar-refractivity contribution >= 4 is 28.2 Å². The average molecular weight is 441 g/mol. The first-order valence-electron chi connectivity index (χ1n) is 9.71. The molecule has 0 atom stereocenters. The smallest absolute Gasteiger partial charge is 0.341 e. The fraction of sp³-hybridized carbons (Fsp3) is 0.217. The molecule has 0 spiro atoms. The number of esters is 1. The highest BCUT2D eigenvalue weighted by Gasteiger charge is 2.25. The summed E-state index contributed by atoms with van der Waals surface area (Å²) in [6.45, 7) is 4.01. The van der Waals surface area contributed by atoms with Crippen molar-refractivity contribution in [2.24, 2.45) is 0 Å². The Morgan fingerprint density at radius 2 is 1.87 bits per heavy atom. The van der Waals surface area contributed by atoms with E-state index in [1.54, 1.807) is 6.92 Å². The zero-order chi connectivity index (χ0) is 22.0. The van der Waals surface area contributed by atoms with E-state index in [4.69, 9.17) is 14.2 Å². The van der Waals surface area contributed by atoms with E-state index in [9.17, 15) is 14.0 Å².